The molecular weight excluding hydrogens is 260 g/mol. The topological polar surface area (TPSA) is 92.5 Å². The molecule has 6 heteroatoms. The molecule has 0 saturated heterocycles. The lowest BCUT2D eigenvalue weighted by molar-refractivity contribution is -0.384. The molecule has 1 aromatic rings. The van der Waals surface area contributed by atoms with E-state index in [0.717, 1.165) is 31.7 Å². The van der Waals surface area contributed by atoms with Gasteiger partial charge in [0.05, 0.1) is 10.5 Å². The quantitative estimate of drug-likeness (QED) is 0.589. The average molecular weight is 278 g/mol. The predicted octanol–water partition coefficient (Wildman–Crippen LogP) is 3.29. The van der Waals surface area contributed by atoms with E-state index in [0.29, 0.717) is 12.2 Å². The van der Waals surface area contributed by atoms with E-state index >= 15 is 0 Å². The van der Waals surface area contributed by atoms with Gasteiger partial charge in [-0.05, 0) is 36.8 Å². The maximum Gasteiger partial charge on any atom is 0.335 e. The van der Waals surface area contributed by atoms with Crippen molar-refractivity contribution in [2.24, 2.45) is 5.41 Å². The number of benzene rings is 1. The summed E-state index contributed by atoms with van der Waals surface area (Å²) >= 11 is 0. The first kappa shape index (κ1) is 14.3. The standard InChI is InChI=1S/C14H18N2O4/c1-2-5-14(6-7-14)9-15-11-4-3-10(13(17)18)8-12(11)16(19)20/h3-4,8,15H,2,5-7,9H2,1H3,(H,17,18). The second kappa shape index (κ2) is 5.48. The Kier molecular flexibility index (Phi) is 3.92. The maximum absolute atomic E-state index is 11.0. The number of nitro groups is 1. The molecular formula is C14H18N2O4. The van der Waals surface area contributed by atoms with E-state index in [4.69, 9.17) is 5.11 Å². The minimum absolute atomic E-state index is 0.0723. The lowest BCUT2D eigenvalue weighted by Gasteiger charge is -2.16. The number of hydrogen-bond acceptors (Lipinski definition) is 4. The molecule has 1 aliphatic carbocycles. The molecule has 1 fully saturated rings. The van der Waals surface area contributed by atoms with E-state index in [1.165, 1.54) is 12.1 Å². The predicted molar refractivity (Wildman–Crippen MR) is 75.1 cm³/mol. The van der Waals surface area contributed by atoms with Crippen molar-refractivity contribution in [1.29, 1.82) is 0 Å². The Morgan fingerprint density at radius 1 is 1.50 bits per heavy atom. The Morgan fingerprint density at radius 3 is 2.70 bits per heavy atom. The van der Waals surface area contributed by atoms with Crippen molar-refractivity contribution in [1.82, 2.24) is 0 Å². The van der Waals surface area contributed by atoms with E-state index in [1.807, 2.05) is 0 Å². The highest BCUT2D eigenvalue weighted by Gasteiger charge is 2.41. The highest BCUT2D eigenvalue weighted by Crippen LogP contribution is 2.49. The lowest BCUT2D eigenvalue weighted by Crippen LogP contribution is -2.16. The van der Waals surface area contributed by atoms with Gasteiger partial charge in [0.15, 0.2) is 0 Å². The Hall–Kier alpha value is -2.11. The minimum Gasteiger partial charge on any atom is -0.478 e. The number of carboxylic acid groups (broad SMARTS) is 1. The van der Waals surface area contributed by atoms with Gasteiger partial charge in [-0.1, -0.05) is 13.3 Å². The van der Waals surface area contributed by atoms with Crippen LogP contribution in [0.5, 0.6) is 0 Å². The first-order valence-corrected chi connectivity index (χ1v) is 6.73. The molecule has 0 radical (unpaired) electrons. The number of nitro benzene ring substituents is 1. The summed E-state index contributed by atoms with van der Waals surface area (Å²) in [5.41, 5.74) is 0.408. The van der Waals surface area contributed by atoms with Gasteiger partial charge in [0, 0.05) is 12.6 Å². The smallest absolute Gasteiger partial charge is 0.335 e. The molecule has 1 aliphatic rings. The molecule has 20 heavy (non-hydrogen) atoms. The highest BCUT2D eigenvalue weighted by atomic mass is 16.6. The van der Waals surface area contributed by atoms with Crippen LogP contribution < -0.4 is 5.32 Å². The Labute approximate surface area is 117 Å². The van der Waals surface area contributed by atoms with Gasteiger partial charge in [0.1, 0.15) is 5.69 Å². The molecule has 1 aromatic carbocycles. The molecule has 1 saturated carbocycles. The van der Waals surface area contributed by atoms with Gasteiger partial charge in [0.2, 0.25) is 0 Å². The highest BCUT2D eigenvalue weighted by molar-refractivity contribution is 5.89. The Balaban J connectivity index is 2.15. The fraction of sp³-hybridized carbons (Fsp3) is 0.500. The van der Waals surface area contributed by atoms with Crippen LogP contribution in [-0.2, 0) is 0 Å². The minimum atomic E-state index is -1.16. The zero-order valence-corrected chi connectivity index (χ0v) is 11.4. The van der Waals surface area contributed by atoms with Gasteiger partial charge in [0.25, 0.3) is 5.69 Å². The molecule has 0 aromatic heterocycles. The maximum atomic E-state index is 11.0. The van der Waals surface area contributed by atoms with E-state index in [9.17, 15) is 14.9 Å². The largest absolute Gasteiger partial charge is 0.478 e. The van der Waals surface area contributed by atoms with Crippen LogP contribution >= 0.6 is 0 Å². The number of nitrogens with one attached hydrogen (secondary N) is 1. The second-order valence-corrected chi connectivity index (χ2v) is 5.40. The van der Waals surface area contributed by atoms with Gasteiger partial charge in [-0.2, -0.15) is 0 Å². The summed E-state index contributed by atoms with van der Waals surface area (Å²) in [6, 6.07) is 3.96. The van der Waals surface area contributed by atoms with E-state index in [-0.39, 0.29) is 16.7 Å². The SMILES string of the molecule is CCCC1(CNc2ccc(C(=O)O)cc2[N+](=O)[O-])CC1. The van der Waals surface area contributed by atoms with Crippen LogP contribution in [0.4, 0.5) is 11.4 Å². The second-order valence-electron chi connectivity index (χ2n) is 5.40. The van der Waals surface area contributed by atoms with Crippen LogP contribution in [0.2, 0.25) is 0 Å². The summed E-state index contributed by atoms with van der Waals surface area (Å²) in [6.07, 6.45) is 4.51. The van der Waals surface area contributed by atoms with Crippen LogP contribution in [0.15, 0.2) is 18.2 Å². The number of hydrogen-bond donors (Lipinski definition) is 2. The zero-order chi connectivity index (χ0) is 14.8. The summed E-state index contributed by atoms with van der Waals surface area (Å²) in [5.74, 6) is -1.16. The van der Waals surface area contributed by atoms with E-state index < -0.39 is 10.9 Å². The third-order valence-corrected chi connectivity index (χ3v) is 3.83. The fourth-order valence-electron chi connectivity index (χ4n) is 2.47. The zero-order valence-electron chi connectivity index (χ0n) is 11.4. The first-order chi connectivity index (χ1) is 9.47. The van der Waals surface area contributed by atoms with Crippen molar-refractivity contribution < 1.29 is 14.8 Å². The number of aromatic carboxylic acids is 1. The van der Waals surface area contributed by atoms with Crippen LogP contribution in [-0.4, -0.2) is 22.5 Å². The van der Waals surface area contributed by atoms with Crippen molar-refractivity contribution in [3.05, 3.63) is 33.9 Å². The summed E-state index contributed by atoms with van der Waals surface area (Å²) in [4.78, 5) is 21.3. The molecule has 0 aliphatic heterocycles. The Morgan fingerprint density at radius 2 is 2.20 bits per heavy atom. The molecule has 0 amide bonds. The van der Waals surface area contributed by atoms with Gasteiger partial charge in [-0.15, -0.1) is 0 Å². The van der Waals surface area contributed by atoms with Gasteiger partial charge in [-0.3, -0.25) is 10.1 Å². The molecule has 0 bridgehead atoms. The third-order valence-electron chi connectivity index (χ3n) is 3.83. The van der Waals surface area contributed by atoms with Crippen LogP contribution in [0.25, 0.3) is 0 Å². The first-order valence-electron chi connectivity index (χ1n) is 6.73. The summed E-state index contributed by atoms with van der Waals surface area (Å²) < 4.78 is 0. The summed E-state index contributed by atoms with van der Waals surface area (Å²) in [6.45, 7) is 2.83. The number of nitrogens with zero attached hydrogens (tertiary/aromatic N) is 1. The third kappa shape index (κ3) is 3.07. The van der Waals surface area contributed by atoms with Crippen molar-refractivity contribution in [2.45, 2.75) is 32.6 Å². The van der Waals surface area contributed by atoms with Crippen molar-refractivity contribution in [3.63, 3.8) is 0 Å². The number of anilines is 1. The molecule has 2 rings (SSSR count). The molecule has 0 atom stereocenters. The number of carboxylic acids is 1. The monoisotopic (exact) mass is 278 g/mol. The molecule has 0 heterocycles. The lowest BCUT2D eigenvalue weighted by atomic mass is 10.0. The van der Waals surface area contributed by atoms with E-state index in [1.54, 1.807) is 0 Å². The van der Waals surface area contributed by atoms with Crippen LogP contribution in [0.1, 0.15) is 43.0 Å². The molecule has 108 valence electrons. The van der Waals surface area contributed by atoms with Crippen LogP contribution in [0.3, 0.4) is 0 Å². The van der Waals surface area contributed by atoms with Gasteiger partial charge < -0.3 is 10.4 Å². The normalized spacial score (nSPS) is 15.7. The average Bonchev–Trinajstić information content (AvgIpc) is 3.16. The number of rotatable bonds is 7. The molecule has 0 unspecified atom stereocenters. The molecule has 2 N–H and O–H groups in total. The van der Waals surface area contributed by atoms with Gasteiger partial charge in [-0.25, -0.2) is 4.79 Å². The van der Waals surface area contributed by atoms with Crippen molar-refractivity contribution >= 4 is 17.3 Å². The summed E-state index contributed by atoms with van der Waals surface area (Å²) in [5, 5.41) is 23.0. The summed E-state index contributed by atoms with van der Waals surface area (Å²) in [7, 11) is 0. The number of carbonyl (C=O) groups is 1. The van der Waals surface area contributed by atoms with Gasteiger partial charge >= 0.3 is 5.97 Å². The van der Waals surface area contributed by atoms with Crippen LogP contribution in [0, 0.1) is 15.5 Å². The Bertz CT molecular complexity index is 538. The molecule has 6 nitrogen and oxygen atoms in total. The fourth-order valence-corrected chi connectivity index (χ4v) is 2.47. The van der Waals surface area contributed by atoms with Crippen molar-refractivity contribution in [3.8, 4) is 0 Å². The molecule has 0 spiro atoms. The van der Waals surface area contributed by atoms with E-state index in [2.05, 4.69) is 12.2 Å². The van der Waals surface area contributed by atoms with Crippen molar-refractivity contribution in [2.75, 3.05) is 11.9 Å².